The molecule has 0 saturated carbocycles. The lowest BCUT2D eigenvalue weighted by atomic mass is 10.1. The van der Waals surface area contributed by atoms with E-state index < -0.39 is 0 Å². The van der Waals surface area contributed by atoms with Crippen molar-refractivity contribution in [1.82, 2.24) is 19.7 Å². The van der Waals surface area contributed by atoms with Gasteiger partial charge >= 0.3 is 0 Å². The summed E-state index contributed by atoms with van der Waals surface area (Å²) in [4.78, 5) is 14.5. The van der Waals surface area contributed by atoms with Crippen molar-refractivity contribution in [3.8, 4) is 0 Å². The summed E-state index contributed by atoms with van der Waals surface area (Å²) in [6.45, 7) is 7.10. The first-order chi connectivity index (χ1) is 13.1. The molecular weight excluding hydrogens is 356 g/mol. The van der Waals surface area contributed by atoms with Crippen LogP contribution in [0.2, 0.25) is 0 Å². The third-order valence-electron chi connectivity index (χ3n) is 4.85. The zero-order valence-electron chi connectivity index (χ0n) is 16.4. The van der Waals surface area contributed by atoms with Gasteiger partial charge in [-0.05, 0) is 37.2 Å². The van der Waals surface area contributed by atoms with Crippen molar-refractivity contribution in [2.24, 2.45) is 5.92 Å². The molecule has 0 radical (unpaired) electrons. The number of benzene rings is 1. The van der Waals surface area contributed by atoms with E-state index in [1.807, 2.05) is 11.0 Å². The Bertz CT molecular complexity index is 723. The highest BCUT2D eigenvalue weighted by atomic mass is 32.2. The summed E-state index contributed by atoms with van der Waals surface area (Å²) < 4.78 is 2.21. The Morgan fingerprint density at radius 1 is 1.07 bits per heavy atom. The Labute approximate surface area is 166 Å². The van der Waals surface area contributed by atoms with Gasteiger partial charge in [0, 0.05) is 26.1 Å². The van der Waals surface area contributed by atoms with Crippen LogP contribution in [0.25, 0.3) is 0 Å². The Hall–Kier alpha value is -1.82. The molecule has 1 aliphatic heterocycles. The fourth-order valence-electron chi connectivity index (χ4n) is 3.42. The van der Waals surface area contributed by atoms with Crippen molar-refractivity contribution < 1.29 is 4.79 Å². The molecule has 0 spiro atoms. The van der Waals surface area contributed by atoms with E-state index >= 15 is 0 Å². The second-order valence-electron chi connectivity index (χ2n) is 7.62. The number of piperidine rings is 1. The topological polar surface area (TPSA) is 51.0 Å². The SMILES string of the molecule is CC(C)Cn1c(CCc2ccccc2)nnc1SCC(=O)N1CCCCC1. The molecule has 2 heterocycles. The first kappa shape index (κ1) is 19.9. The van der Waals surface area contributed by atoms with Crippen LogP contribution in [0.5, 0.6) is 0 Å². The van der Waals surface area contributed by atoms with Gasteiger partial charge in [0.1, 0.15) is 5.82 Å². The van der Waals surface area contributed by atoms with Crippen molar-refractivity contribution in [2.45, 2.75) is 57.7 Å². The number of carbonyl (C=O) groups is 1. The maximum atomic E-state index is 12.5. The minimum absolute atomic E-state index is 0.227. The molecule has 1 aromatic carbocycles. The molecule has 6 heteroatoms. The molecule has 3 rings (SSSR count). The molecule has 5 nitrogen and oxygen atoms in total. The molecule has 2 aromatic rings. The van der Waals surface area contributed by atoms with Gasteiger partial charge in [-0.2, -0.15) is 0 Å². The van der Waals surface area contributed by atoms with Crippen LogP contribution in [0.1, 0.15) is 44.5 Å². The number of hydrogen-bond acceptors (Lipinski definition) is 4. The molecule has 0 aliphatic carbocycles. The van der Waals surface area contributed by atoms with Gasteiger partial charge in [-0.1, -0.05) is 55.9 Å². The zero-order valence-corrected chi connectivity index (χ0v) is 17.2. The summed E-state index contributed by atoms with van der Waals surface area (Å²) in [5.41, 5.74) is 1.31. The molecule has 1 saturated heterocycles. The smallest absolute Gasteiger partial charge is 0.233 e. The minimum Gasteiger partial charge on any atom is -0.342 e. The lowest BCUT2D eigenvalue weighted by Gasteiger charge is -2.26. The largest absolute Gasteiger partial charge is 0.342 e. The van der Waals surface area contributed by atoms with Crippen LogP contribution in [0.3, 0.4) is 0 Å². The average Bonchev–Trinajstić information content (AvgIpc) is 3.07. The molecule has 0 N–H and O–H groups in total. The van der Waals surface area contributed by atoms with E-state index in [0.29, 0.717) is 11.7 Å². The second kappa shape index (κ2) is 9.93. The van der Waals surface area contributed by atoms with E-state index in [0.717, 1.165) is 56.3 Å². The number of nitrogens with zero attached hydrogens (tertiary/aromatic N) is 4. The number of likely N-dealkylation sites (tertiary alicyclic amines) is 1. The van der Waals surface area contributed by atoms with E-state index in [4.69, 9.17) is 0 Å². The van der Waals surface area contributed by atoms with Gasteiger partial charge in [0.2, 0.25) is 5.91 Å². The van der Waals surface area contributed by atoms with Crippen LogP contribution in [0.4, 0.5) is 0 Å². The molecule has 0 atom stereocenters. The molecule has 0 bridgehead atoms. The van der Waals surface area contributed by atoms with E-state index in [1.165, 1.54) is 23.7 Å². The Morgan fingerprint density at radius 2 is 1.81 bits per heavy atom. The van der Waals surface area contributed by atoms with Crippen molar-refractivity contribution in [2.75, 3.05) is 18.8 Å². The van der Waals surface area contributed by atoms with Gasteiger partial charge in [-0.3, -0.25) is 4.79 Å². The number of carbonyl (C=O) groups excluding carboxylic acids is 1. The number of aromatic nitrogens is 3. The van der Waals surface area contributed by atoms with Crippen LogP contribution in [0, 0.1) is 5.92 Å². The average molecular weight is 387 g/mol. The van der Waals surface area contributed by atoms with Gasteiger partial charge in [-0.15, -0.1) is 10.2 Å². The quantitative estimate of drug-likeness (QED) is 0.647. The van der Waals surface area contributed by atoms with Gasteiger partial charge in [0.15, 0.2) is 5.16 Å². The number of thioether (sulfide) groups is 1. The van der Waals surface area contributed by atoms with Crippen LogP contribution >= 0.6 is 11.8 Å². The Kier molecular flexibility index (Phi) is 7.33. The number of aryl methyl sites for hydroxylation is 2. The van der Waals surface area contributed by atoms with Gasteiger partial charge < -0.3 is 9.47 Å². The minimum atomic E-state index is 0.227. The molecule has 1 aromatic heterocycles. The molecule has 1 amide bonds. The van der Waals surface area contributed by atoms with E-state index in [2.05, 4.69) is 52.9 Å². The van der Waals surface area contributed by atoms with Crippen LogP contribution in [0.15, 0.2) is 35.5 Å². The van der Waals surface area contributed by atoms with Crippen molar-refractivity contribution in [3.63, 3.8) is 0 Å². The summed E-state index contributed by atoms with van der Waals surface area (Å²) in [7, 11) is 0. The van der Waals surface area contributed by atoms with E-state index in [1.54, 1.807) is 0 Å². The normalized spacial score (nSPS) is 14.7. The van der Waals surface area contributed by atoms with Gasteiger partial charge in [0.25, 0.3) is 0 Å². The van der Waals surface area contributed by atoms with Gasteiger partial charge in [0.05, 0.1) is 5.75 Å². The molecule has 1 aliphatic rings. The Morgan fingerprint density at radius 3 is 2.52 bits per heavy atom. The lowest BCUT2D eigenvalue weighted by Crippen LogP contribution is -2.36. The van der Waals surface area contributed by atoms with Crippen LogP contribution in [-0.2, 0) is 24.2 Å². The number of hydrogen-bond donors (Lipinski definition) is 0. The first-order valence-electron chi connectivity index (χ1n) is 10.00. The summed E-state index contributed by atoms with van der Waals surface area (Å²) >= 11 is 1.53. The molecular formula is C21H30N4OS. The summed E-state index contributed by atoms with van der Waals surface area (Å²) in [5, 5.41) is 9.72. The first-order valence-corrected chi connectivity index (χ1v) is 11.0. The summed E-state index contributed by atoms with van der Waals surface area (Å²) in [6, 6.07) is 10.5. The highest BCUT2D eigenvalue weighted by molar-refractivity contribution is 7.99. The summed E-state index contributed by atoms with van der Waals surface area (Å²) in [6.07, 6.45) is 5.32. The van der Waals surface area contributed by atoms with E-state index in [-0.39, 0.29) is 5.91 Å². The Balaban J connectivity index is 1.63. The fraction of sp³-hybridized carbons (Fsp3) is 0.571. The number of rotatable bonds is 8. The van der Waals surface area contributed by atoms with Crippen molar-refractivity contribution in [1.29, 1.82) is 0 Å². The maximum absolute atomic E-state index is 12.5. The maximum Gasteiger partial charge on any atom is 0.233 e. The highest BCUT2D eigenvalue weighted by Gasteiger charge is 2.19. The molecule has 27 heavy (non-hydrogen) atoms. The third-order valence-corrected chi connectivity index (χ3v) is 5.81. The second-order valence-corrected chi connectivity index (χ2v) is 8.56. The molecule has 1 fully saturated rings. The van der Waals surface area contributed by atoms with Crippen LogP contribution < -0.4 is 0 Å². The summed E-state index contributed by atoms with van der Waals surface area (Å²) in [5.74, 6) is 2.20. The standard InChI is InChI=1S/C21H30N4OS/c1-17(2)15-25-19(12-11-18-9-5-3-6-10-18)22-23-21(25)27-16-20(26)24-13-7-4-8-14-24/h3,5-6,9-10,17H,4,7-8,11-16H2,1-2H3. The van der Waals surface area contributed by atoms with E-state index in [9.17, 15) is 4.79 Å². The lowest BCUT2D eigenvalue weighted by molar-refractivity contribution is -0.129. The third kappa shape index (κ3) is 5.83. The number of amides is 1. The predicted molar refractivity (Wildman–Crippen MR) is 110 cm³/mol. The van der Waals surface area contributed by atoms with Crippen molar-refractivity contribution >= 4 is 17.7 Å². The fourth-order valence-corrected chi connectivity index (χ4v) is 4.29. The molecule has 0 unspecified atom stereocenters. The van der Waals surface area contributed by atoms with Gasteiger partial charge in [-0.25, -0.2) is 0 Å². The molecule has 146 valence electrons. The highest BCUT2D eigenvalue weighted by Crippen LogP contribution is 2.21. The predicted octanol–water partition coefficient (Wildman–Crippen LogP) is 3.82. The van der Waals surface area contributed by atoms with Crippen LogP contribution in [-0.4, -0.2) is 44.4 Å². The zero-order chi connectivity index (χ0) is 19.1. The monoisotopic (exact) mass is 386 g/mol. The van der Waals surface area contributed by atoms with Crippen molar-refractivity contribution in [3.05, 3.63) is 41.7 Å².